The number of hydrogen-bond acceptors (Lipinski definition) is 4. The fourth-order valence-electron chi connectivity index (χ4n) is 2.87. The van der Waals surface area contributed by atoms with E-state index in [1.165, 1.54) is 0 Å². The molecule has 2 rings (SSSR count). The molecule has 2 N–H and O–H groups in total. The van der Waals surface area contributed by atoms with Crippen LogP contribution in [0.3, 0.4) is 0 Å². The summed E-state index contributed by atoms with van der Waals surface area (Å²) in [5.74, 6) is 1.33. The van der Waals surface area contributed by atoms with Gasteiger partial charge in [-0.3, -0.25) is 4.90 Å². The summed E-state index contributed by atoms with van der Waals surface area (Å²) in [4.78, 5) is 14.6. The standard InChI is InChI=1S/C19H31N3O3/c1-4-10-25-18-8-6-5-7-17(18)21-19(23)20-12-16-14-22(9-11-24-16)13-15(2)3/h5-8,15-16H,4,9-14H2,1-3H3,(H2,20,21,23). The van der Waals surface area contributed by atoms with E-state index in [9.17, 15) is 4.79 Å². The summed E-state index contributed by atoms with van der Waals surface area (Å²) in [5.41, 5.74) is 0.680. The molecule has 1 unspecified atom stereocenters. The summed E-state index contributed by atoms with van der Waals surface area (Å²) in [7, 11) is 0. The van der Waals surface area contributed by atoms with Crippen molar-refractivity contribution in [1.29, 1.82) is 0 Å². The highest BCUT2D eigenvalue weighted by Gasteiger charge is 2.21. The maximum Gasteiger partial charge on any atom is 0.319 e. The Morgan fingerprint density at radius 3 is 2.96 bits per heavy atom. The van der Waals surface area contributed by atoms with Crippen molar-refractivity contribution >= 4 is 11.7 Å². The van der Waals surface area contributed by atoms with Crippen molar-refractivity contribution in [2.75, 3.05) is 44.7 Å². The van der Waals surface area contributed by atoms with Gasteiger partial charge >= 0.3 is 6.03 Å². The third-order valence-electron chi connectivity index (χ3n) is 3.93. The molecule has 1 aromatic rings. The molecule has 6 nitrogen and oxygen atoms in total. The summed E-state index contributed by atoms with van der Waals surface area (Å²) in [6.45, 7) is 11.2. The lowest BCUT2D eigenvalue weighted by molar-refractivity contribution is -0.0288. The summed E-state index contributed by atoms with van der Waals surface area (Å²) in [6, 6.07) is 7.23. The molecular weight excluding hydrogens is 318 g/mol. The average molecular weight is 349 g/mol. The van der Waals surface area contributed by atoms with E-state index in [1.807, 2.05) is 24.3 Å². The Balaban J connectivity index is 1.79. The van der Waals surface area contributed by atoms with Gasteiger partial charge in [-0.15, -0.1) is 0 Å². The highest BCUT2D eigenvalue weighted by atomic mass is 16.5. The number of carbonyl (C=O) groups excluding carboxylic acids is 1. The van der Waals surface area contributed by atoms with E-state index < -0.39 is 0 Å². The van der Waals surface area contributed by atoms with Crippen LogP contribution in [0.4, 0.5) is 10.5 Å². The van der Waals surface area contributed by atoms with Gasteiger partial charge in [0.2, 0.25) is 0 Å². The van der Waals surface area contributed by atoms with Gasteiger partial charge in [-0.1, -0.05) is 32.9 Å². The van der Waals surface area contributed by atoms with Crippen LogP contribution in [0.15, 0.2) is 24.3 Å². The molecule has 1 aromatic carbocycles. The van der Waals surface area contributed by atoms with Gasteiger partial charge in [0.15, 0.2) is 0 Å². The van der Waals surface area contributed by atoms with E-state index >= 15 is 0 Å². The number of benzene rings is 1. The van der Waals surface area contributed by atoms with E-state index in [0.717, 1.165) is 26.1 Å². The molecule has 0 aliphatic carbocycles. The molecule has 1 heterocycles. The van der Waals surface area contributed by atoms with Gasteiger partial charge in [-0.05, 0) is 24.5 Å². The first-order valence-electron chi connectivity index (χ1n) is 9.19. The number of nitrogens with one attached hydrogen (secondary N) is 2. The van der Waals surface area contributed by atoms with E-state index in [0.29, 0.717) is 37.1 Å². The predicted octanol–water partition coefficient (Wildman–Crippen LogP) is 2.95. The zero-order chi connectivity index (χ0) is 18.1. The summed E-state index contributed by atoms with van der Waals surface area (Å²) >= 11 is 0. The van der Waals surface area contributed by atoms with Gasteiger partial charge in [-0.25, -0.2) is 4.79 Å². The van der Waals surface area contributed by atoms with Crippen molar-refractivity contribution < 1.29 is 14.3 Å². The molecule has 0 bridgehead atoms. The van der Waals surface area contributed by atoms with Crippen LogP contribution in [0.25, 0.3) is 0 Å². The van der Waals surface area contributed by atoms with Crippen LogP contribution < -0.4 is 15.4 Å². The van der Waals surface area contributed by atoms with Crippen LogP contribution in [0.5, 0.6) is 5.75 Å². The van der Waals surface area contributed by atoms with Gasteiger partial charge in [0.1, 0.15) is 5.75 Å². The number of para-hydroxylation sites is 2. The number of rotatable bonds is 8. The second kappa shape index (κ2) is 10.3. The van der Waals surface area contributed by atoms with Crippen LogP contribution in [-0.2, 0) is 4.74 Å². The Kier molecular flexibility index (Phi) is 8.01. The van der Waals surface area contributed by atoms with E-state index in [-0.39, 0.29) is 12.1 Å². The maximum absolute atomic E-state index is 12.2. The fourth-order valence-corrected chi connectivity index (χ4v) is 2.87. The number of carbonyl (C=O) groups is 1. The number of amides is 2. The van der Waals surface area contributed by atoms with Crippen LogP contribution in [-0.4, -0.2) is 56.4 Å². The highest BCUT2D eigenvalue weighted by molar-refractivity contribution is 5.90. The fraction of sp³-hybridized carbons (Fsp3) is 0.632. The lowest BCUT2D eigenvalue weighted by Crippen LogP contribution is -2.48. The predicted molar refractivity (Wildman–Crippen MR) is 100 cm³/mol. The Morgan fingerprint density at radius 1 is 1.40 bits per heavy atom. The second-order valence-corrected chi connectivity index (χ2v) is 6.83. The number of morpholine rings is 1. The molecular formula is C19H31N3O3. The SMILES string of the molecule is CCCOc1ccccc1NC(=O)NCC1CN(CC(C)C)CCO1. The lowest BCUT2D eigenvalue weighted by Gasteiger charge is -2.33. The first kappa shape index (κ1) is 19.5. The molecule has 1 fully saturated rings. The number of urea groups is 1. The van der Waals surface area contributed by atoms with Gasteiger partial charge in [0.25, 0.3) is 0 Å². The number of ether oxygens (including phenoxy) is 2. The molecule has 1 aliphatic heterocycles. The maximum atomic E-state index is 12.2. The van der Waals surface area contributed by atoms with Crippen molar-refractivity contribution in [2.45, 2.75) is 33.3 Å². The van der Waals surface area contributed by atoms with Crippen molar-refractivity contribution in [3.63, 3.8) is 0 Å². The van der Waals surface area contributed by atoms with E-state index in [2.05, 4.69) is 36.3 Å². The minimum Gasteiger partial charge on any atom is -0.491 e. The van der Waals surface area contributed by atoms with Crippen LogP contribution in [0, 0.1) is 5.92 Å². The molecule has 0 saturated carbocycles. The van der Waals surface area contributed by atoms with Crippen molar-refractivity contribution in [2.24, 2.45) is 5.92 Å². The highest BCUT2D eigenvalue weighted by Crippen LogP contribution is 2.23. The summed E-state index contributed by atoms with van der Waals surface area (Å²) < 4.78 is 11.4. The molecule has 25 heavy (non-hydrogen) atoms. The molecule has 140 valence electrons. The molecule has 2 amide bonds. The van der Waals surface area contributed by atoms with Crippen molar-refractivity contribution in [1.82, 2.24) is 10.2 Å². The Labute approximate surface area is 150 Å². The first-order valence-corrected chi connectivity index (χ1v) is 9.19. The molecule has 1 saturated heterocycles. The van der Waals surface area contributed by atoms with Crippen LogP contribution in [0.1, 0.15) is 27.2 Å². The largest absolute Gasteiger partial charge is 0.491 e. The number of anilines is 1. The van der Waals surface area contributed by atoms with Gasteiger partial charge in [0, 0.05) is 26.2 Å². The number of hydrogen-bond donors (Lipinski definition) is 2. The van der Waals surface area contributed by atoms with E-state index in [4.69, 9.17) is 9.47 Å². The number of nitrogens with zero attached hydrogens (tertiary/aromatic N) is 1. The van der Waals surface area contributed by atoms with Crippen molar-refractivity contribution in [3.05, 3.63) is 24.3 Å². The Hall–Kier alpha value is -1.79. The molecule has 1 atom stereocenters. The topological polar surface area (TPSA) is 62.8 Å². The van der Waals surface area contributed by atoms with Gasteiger partial charge in [0.05, 0.1) is 25.0 Å². The zero-order valence-electron chi connectivity index (χ0n) is 15.6. The van der Waals surface area contributed by atoms with E-state index in [1.54, 1.807) is 0 Å². The van der Waals surface area contributed by atoms with Gasteiger partial charge < -0.3 is 20.1 Å². The zero-order valence-corrected chi connectivity index (χ0v) is 15.6. The van der Waals surface area contributed by atoms with Crippen LogP contribution in [0.2, 0.25) is 0 Å². The summed E-state index contributed by atoms with van der Waals surface area (Å²) in [5, 5.41) is 5.76. The minimum absolute atomic E-state index is 0.0323. The third-order valence-corrected chi connectivity index (χ3v) is 3.93. The third kappa shape index (κ3) is 6.92. The smallest absolute Gasteiger partial charge is 0.319 e. The molecule has 6 heteroatoms. The van der Waals surface area contributed by atoms with Gasteiger partial charge in [-0.2, -0.15) is 0 Å². The molecule has 0 spiro atoms. The minimum atomic E-state index is -0.239. The quantitative estimate of drug-likeness (QED) is 0.757. The monoisotopic (exact) mass is 349 g/mol. The van der Waals surface area contributed by atoms with Crippen molar-refractivity contribution in [3.8, 4) is 5.75 Å². The molecule has 0 aromatic heterocycles. The Bertz CT molecular complexity index is 536. The van der Waals surface area contributed by atoms with Crippen LogP contribution >= 0.6 is 0 Å². The Morgan fingerprint density at radius 2 is 2.20 bits per heavy atom. The molecule has 1 aliphatic rings. The second-order valence-electron chi connectivity index (χ2n) is 6.83. The summed E-state index contributed by atoms with van der Waals surface area (Å²) in [6.07, 6.45) is 0.955. The molecule has 0 radical (unpaired) electrons. The lowest BCUT2D eigenvalue weighted by atomic mass is 10.2. The average Bonchev–Trinajstić information content (AvgIpc) is 2.59. The normalized spacial score (nSPS) is 18.2. The first-order chi connectivity index (χ1) is 12.1.